The third-order valence-electron chi connectivity index (χ3n) is 7.32. The zero-order valence-electron chi connectivity index (χ0n) is 14.1. The second-order valence-electron chi connectivity index (χ2n) is 7.98. The third kappa shape index (κ3) is 1.93. The highest BCUT2D eigenvalue weighted by atomic mass is 16.5. The number of aryl methyl sites for hydroxylation is 1. The number of terminal acetylenes is 1. The Bertz CT molecular complexity index is 673. The van der Waals surface area contributed by atoms with E-state index < -0.39 is 5.60 Å². The smallest absolute Gasteiger partial charge is 0.130 e. The summed E-state index contributed by atoms with van der Waals surface area (Å²) in [5.74, 6) is 5.56. The minimum absolute atomic E-state index is 0.104. The van der Waals surface area contributed by atoms with Gasteiger partial charge in [0.1, 0.15) is 11.4 Å². The van der Waals surface area contributed by atoms with E-state index in [4.69, 9.17) is 11.2 Å². The Morgan fingerprint density at radius 3 is 2.83 bits per heavy atom. The van der Waals surface area contributed by atoms with Gasteiger partial charge in [-0.05, 0) is 79.5 Å². The quantitative estimate of drug-likeness (QED) is 0.797. The highest BCUT2D eigenvalue weighted by molar-refractivity contribution is 5.41. The number of hydrogen-bond donors (Lipinski definition) is 1. The van der Waals surface area contributed by atoms with E-state index in [1.165, 1.54) is 17.5 Å². The van der Waals surface area contributed by atoms with Crippen molar-refractivity contribution < 1.29 is 9.84 Å². The molecule has 0 bridgehead atoms. The molecule has 2 nitrogen and oxygen atoms in total. The van der Waals surface area contributed by atoms with Crippen molar-refractivity contribution in [2.45, 2.75) is 57.0 Å². The van der Waals surface area contributed by atoms with E-state index in [0.29, 0.717) is 17.8 Å². The first-order chi connectivity index (χ1) is 11.0. The standard InChI is InChI=1S/C21H26O2/c1-4-21(22)12-10-19-18-7-5-14-13-15(23-3)6-8-16(14)17(18)9-11-20(19,21)2/h1,6,8,13,17-19,22H,5,7,9-12H2,2-3H3/t17-,18-,19-,20+,21+/m0/s1. The zero-order chi connectivity index (χ0) is 16.2. The molecule has 0 heterocycles. The van der Waals surface area contributed by atoms with E-state index in [1.54, 1.807) is 7.11 Å². The molecule has 2 fully saturated rings. The van der Waals surface area contributed by atoms with Crippen LogP contribution in [0.5, 0.6) is 5.75 Å². The molecule has 0 radical (unpaired) electrons. The largest absolute Gasteiger partial charge is 0.497 e. The number of hydrogen-bond acceptors (Lipinski definition) is 2. The summed E-state index contributed by atoms with van der Waals surface area (Å²) in [6.45, 7) is 2.24. The van der Waals surface area contributed by atoms with Crippen molar-refractivity contribution in [3.8, 4) is 18.1 Å². The summed E-state index contributed by atoms with van der Waals surface area (Å²) < 4.78 is 5.39. The van der Waals surface area contributed by atoms with Gasteiger partial charge in [0.2, 0.25) is 0 Å². The lowest BCUT2D eigenvalue weighted by molar-refractivity contribution is -0.0646. The van der Waals surface area contributed by atoms with Crippen molar-refractivity contribution in [1.29, 1.82) is 0 Å². The fourth-order valence-corrected chi connectivity index (χ4v) is 5.94. The van der Waals surface area contributed by atoms with Crippen LogP contribution in [0.1, 0.15) is 56.1 Å². The van der Waals surface area contributed by atoms with Gasteiger partial charge in [-0.2, -0.15) is 0 Å². The molecule has 4 rings (SSSR count). The van der Waals surface area contributed by atoms with Gasteiger partial charge in [-0.15, -0.1) is 6.42 Å². The lowest BCUT2D eigenvalue weighted by Crippen LogP contribution is -2.50. The molecular weight excluding hydrogens is 284 g/mol. The molecule has 1 N–H and O–H groups in total. The molecule has 0 spiro atoms. The summed E-state index contributed by atoms with van der Waals surface area (Å²) in [6, 6.07) is 6.59. The van der Waals surface area contributed by atoms with Crippen LogP contribution in [-0.4, -0.2) is 17.8 Å². The molecule has 0 aliphatic heterocycles. The fourth-order valence-electron chi connectivity index (χ4n) is 5.94. The van der Waals surface area contributed by atoms with Crippen molar-refractivity contribution in [2.75, 3.05) is 7.11 Å². The van der Waals surface area contributed by atoms with Crippen LogP contribution in [-0.2, 0) is 6.42 Å². The van der Waals surface area contributed by atoms with Crippen molar-refractivity contribution in [3.05, 3.63) is 29.3 Å². The van der Waals surface area contributed by atoms with Gasteiger partial charge in [0.05, 0.1) is 7.11 Å². The molecule has 0 amide bonds. The van der Waals surface area contributed by atoms with Gasteiger partial charge >= 0.3 is 0 Å². The maximum atomic E-state index is 11.0. The van der Waals surface area contributed by atoms with E-state index in [9.17, 15) is 5.11 Å². The fraction of sp³-hybridized carbons (Fsp3) is 0.619. The first-order valence-corrected chi connectivity index (χ1v) is 8.89. The molecule has 3 aliphatic rings. The summed E-state index contributed by atoms with van der Waals surface area (Å²) in [5.41, 5.74) is 1.97. The Hall–Kier alpha value is -1.46. The van der Waals surface area contributed by atoms with Gasteiger partial charge < -0.3 is 9.84 Å². The van der Waals surface area contributed by atoms with Crippen molar-refractivity contribution in [3.63, 3.8) is 0 Å². The van der Waals surface area contributed by atoms with Gasteiger partial charge in [0.15, 0.2) is 0 Å². The molecule has 0 unspecified atom stereocenters. The van der Waals surface area contributed by atoms with Gasteiger partial charge in [-0.3, -0.25) is 0 Å². The lowest BCUT2D eigenvalue weighted by atomic mass is 9.53. The Kier molecular flexibility index (Phi) is 3.29. The normalized spacial score (nSPS) is 41.4. The monoisotopic (exact) mass is 310 g/mol. The number of rotatable bonds is 1. The number of ether oxygens (including phenoxy) is 1. The van der Waals surface area contributed by atoms with Gasteiger partial charge in [-0.1, -0.05) is 18.9 Å². The van der Waals surface area contributed by atoms with Crippen molar-refractivity contribution in [1.82, 2.24) is 0 Å². The SMILES string of the molecule is C#C[C@@]1(O)CC[C@H]2[C@H]3CCc4cc(OC)ccc4[C@@H]3CC[C@]21C. The van der Waals surface area contributed by atoms with Gasteiger partial charge in [0, 0.05) is 5.41 Å². The van der Waals surface area contributed by atoms with Crippen LogP contribution in [0.15, 0.2) is 18.2 Å². The number of benzene rings is 1. The molecule has 1 aromatic carbocycles. The van der Waals surface area contributed by atoms with Crippen LogP contribution in [0.2, 0.25) is 0 Å². The van der Waals surface area contributed by atoms with Gasteiger partial charge in [0.25, 0.3) is 0 Å². The van der Waals surface area contributed by atoms with Gasteiger partial charge in [-0.25, -0.2) is 0 Å². The Morgan fingerprint density at radius 2 is 2.09 bits per heavy atom. The first kappa shape index (κ1) is 15.1. The molecule has 5 atom stereocenters. The van der Waals surface area contributed by atoms with E-state index in [-0.39, 0.29) is 5.41 Å². The van der Waals surface area contributed by atoms with E-state index in [0.717, 1.165) is 37.9 Å². The van der Waals surface area contributed by atoms with Crippen molar-refractivity contribution >= 4 is 0 Å². The molecular formula is C21H26O2. The summed E-state index contributed by atoms with van der Waals surface area (Å²) >= 11 is 0. The maximum Gasteiger partial charge on any atom is 0.130 e. The van der Waals surface area contributed by atoms with E-state index >= 15 is 0 Å². The van der Waals surface area contributed by atoms with Crippen LogP contribution in [0.3, 0.4) is 0 Å². The Labute approximate surface area is 139 Å². The highest BCUT2D eigenvalue weighted by Gasteiger charge is 2.61. The highest BCUT2D eigenvalue weighted by Crippen LogP contribution is 2.64. The summed E-state index contributed by atoms with van der Waals surface area (Å²) in [5, 5.41) is 11.0. The summed E-state index contributed by atoms with van der Waals surface area (Å²) in [7, 11) is 1.73. The molecule has 2 heteroatoms. The third-order valence-corrected chi connectivity index (χ3v) is 7.32. The number of methoxy groups -OCH3 is 1. The van der Waals surface area contributed by atoms with E-state index in [1.807, 2.05) is 0 Å². The first-order valence-electron chi connectivity index (χ1n) is 8.89. The zero-order valence-corrected chi connectivity index (χ0v) is 14.1. The number of aliphatic hydroxyl groups is 1. The van der Waals surface area contributed by atoms with Crippen LogP contribution in [0.4, 0.5) is 0 Å². The van der Waals surface area contributed by atoms with Crippen LogP contribution in [0.25, 0.3) is 0 Å². The molecule has 122 valence electrons. The average molecular weight is 310 g/mol. The lowest BCUT2D eigenvalue weighted by Gasteiger charge is -2.52. The topological polar surface area (TPSA) is 29.5 Å². The minimum atomic E-state index is -0.900. The molecule has 0 aromatic heterocycles. The molecule has 0 saturated heterocycles. The summed E-state index contributed by atoms with van der Waals surface area (Å²) in [4.78, 5) is 0. The summed E-state index contributed by atoms with van der Waals surface area (Å²) in [6.07, 6.45) is 12.1. The second kappa shape index (κ2) is 5.02. The van der Waals surface area contributed by atoms with E-state index in [2.05, 4.69) is 31.0 Å². The maximum absolute atomic E-state index is 11.0. The van der Waals surface area contributed by atoms with Crippen LogP contribution < -0.4 is 4.74 Å². The Morgan fingerprint density at radius 1 is 1.26 bits per heavy atom. The van der Waals surface area contributed by atoms with Crippen LogP contribution in [0, 0.1) is 29.6 Å². The molecule has 3 aliphatic carbocycles. The molecule has 23 heavy (non-hydrogen) atoms. The minimum Gasteiger partial charge on any atom is -0.497 e. The molecule has 1 aromatic rings. The van der Waals surface area contributed by atoms with Crippen molar-refractivity contribution in [2.24, 2.45) is 17.3 Å². The number of fused-ring (bicyclic) bond motifs is 5. The average Bonchev–Trinajstić information content (AvgIpc) is 2.86. The second-order valence-corrected chi connectivity index (χ2v) is 7.98. The predicted octanol–water partition coefficient (Wildman–Crippen LogP) is 3.92. The molecule has 2 saturated carbocycles. The Balaban J connectivity index is 1.70. The predicted molar refractivity (Wildman–Crippen MR) is 91.4 cm³/mol. The van der Waals surface area contributed by atoms with Crippen LogP contribution >= 0.6 is 0 Å².